The normalized spacial score (nSPS) is 23.2. The maximum absolute atomic E-state index is 14.8. The molecule has 0 radical (unpaired) electrons. The highest BCUT2D eigenvalue weighted by atomic mass is 19.3. The number of aromatic nitrogens is 3. The summed E-state index contributed by atoms with van der Waals surface area (Å²) in [6.45, 7) is 1.75. The average Bonchev–Trinajstić information content (AvgIpc) is 3.23. The van der Waals surface area contributed by atoms with Crippen molar-refractivity contribution in [1.82, 2.24) is 15.0 Å². The molecule has 5 nitrogen and oxygen atoms in total. The molecular weight excluding hydrogens is 436 g/mol. The highest BCUT2D eigenvalue weighted by Crippen LogP contribution is 2.53. The lowest BCUT2D eigenvalue weighted by Gasteiger charge is -2.31. The van der Waals surface area contributed by atoms with E-state index in [0.29, 0.717) is 28.1 Å². The van der Waals surface area contributed by atoms with Gasteiger partial charge in [-0.3, -0.25) is 4.68 Å². The van der Waals surface area contributed by atoms with Crippen LogP contribution in [0.15, 0.2) is 24.3 Å². The Morgan fingerprint density at radius 3 is 2.61 bits per heavy atom. The predicted molar refractivity (Wildman–Crippen MR) is 111 cm³/mol. The molecule has 2 aliphatic rings. The number of benzene rings is 2. The Labute approximate surface area is 187 Å². The molecule has 0 saturated heterocycles. The quantitative estimate of drug-likeness (QED) is 0.553. The van der Waals surface area contributed by atoms with E-state index < -0.39 is 36.4 Å². The number of hydrogen-bond donors (Lipinski definition) is 1. The fourth-order valence-electron chi connectivity index (χ4n) is 5.22. The van der Waals surface area contributed by atoms with Gasteiger partial charge in [-0.2, -0.15) is 5.26 Å². The monoisotopic (exact) mass is 456 g/mol. The van der Waals surface area contributed by atoms with E-state index in [1.807, 2.05) is 6.07 Å². The van der Waals surface area contributed by atoms with Crippen LogP contribution in [0.25, 0.3) is 11.3 Å². The Bertz CT molecular complexity index is 1330. The Balaban J connectivity index is 1.76. The molecule has 9 heteroatoms. The number of alkyl halides is 3. The molecule has 3 aromatic rings. The third-order valence-electron chi connectivity index (χ3n) is 6.91. The lowest BCUT2D eigenvalue weighted by atomic mass is 9.74. The first-order valence-electron chi connectivity index (χ1n) is 10.6. The van der Waals surface area contributed by atoms with Crippen LogP contribution in [0.1, 0.15) is 70.1 Å². The fraction of sp³-hybridized carbons (Fsp3) is 0.375. The summed E-state index contributed by atoms with van der Waals surface area (Å²) in [6.07, 6.45) is -3.83. The number of nitrogens with zero attached hydrogens (tertiary/aromatic N) is 4. The first kappa shape index (κ1) is 21.6. The molecule has 1 aromatic heterocycles. The van der Waals surface area contributed by atoms with Crippen molar-refractivity contribution in [1.29, 1.82) is 5.26 Å². The summed E-state index contributed by atoms with van der Waals surface area (Å²) >= 11 is 0. The minimum Gasteiger partial charge on any atom is -0.382 e. The molecule has 0 fully saturated rings. The number of aryl methyl sites for hydroxylation is 1. The SMILES string of the molecule is Cc1c(-c2ccc([C@H]3CC[C@H](F)c4cc(F)cc(C#N)c43)c3c2[C@H](O)C(F)(F)C3)nnn1C. The Kier molecular flexibility index (Phi) is 4.83. The van der Waals surface area contributed by atoms with Crippen molar-refractivity contribution in [3.8, 4) is 17.3 Å². The van der Waals surface area contributed by atoms with Gasteiger partial charge in [-0.25, -0.2) is 17.6 Å². The van der Waals surface area contributed by atoms with Crippen LogP contribution in [0.5, 0.6) is 0 Å². The molecule has 0 spiro atoms. The van der Waals surface area contributed by atoms with E-state index in [-0.39, 0.29) is 35.1 Å². The summed E-state index contributed by atoms with van der Waals surface area (Å²) in [5.74, 6) is -4.69. The molecule has 3 atom stereocenters. The van der Waals surface area contributed by atoms with Crippen LogP contribution in [0.4, 0.5) is 17.6 Å². The maximum atomic E-state index is 14.8. The molecule has 1 N–H and O–H groups in total. The van der Waals surface area contributed by atoms with Crippen molar-refractivity contribution in [2.75, 3.05) is 0 Å². The minimum atomic E-state index is -3.40. The van der Waals surface area contributed by atoms with Crippen LogP contribution in [-0.4, -0.2) is 26.0 Å². The van der Waals surface area contributed by atoms with Crippen LogP contribution in [0.2, 0.25) is 0 Å². The zero-order valence-corrected chi connectivity index (χ0v) is 17.9. The largest absolute Gasteiger partial charge is 0.382 e. The van der Waals surface area contributed by atoms with Crippen LogP contribution >= 0.6 is 0 Å². The topological polar surface area (TPSA) is 74.7 Å². The molecule has 33 heavy (non-hydrogen) atoms. The van der Waals surface area contributed by atoms with Gasteiger partial charge in [-0.1, -0.05) is 17.3 Å². The lowest BCUT2D eigenvalue weighted by Crippen LogP contribution is -2.22. The van der Waals surface area contributed by atoms with Crippen LogP contribution in [0.3, 0.4) is 0 Å². The summed E-state index contributed by atoms with van der Waals surface area (Å²) in [7, 11) is 1.68. The number of hydrogen-bond acceptors (Lipinski definition) is 4. The first-order chi connectivity index (χ1) is 15.6. The Morgan fingerprint density at radius 2 is 1.94 bits per heavy atom. The summed E-state index contributed by atoms with van der Waals surface area (Å²) in [6, 6.07) is 7.35. The number of aliphatic hydroxyl groups is 1. The van der Waals surface area contributed by atoms with Gasteiger partial charge < -0.3 is 5.11 Å². The maximum Gasteiger partial charge on any atom is 0.281 e. The van der Waals surface area contributed by atoms with E-state index in [9.17, 15) is 27.9 Å². The molecule has 170 valence electrons. The number of aliphatic hydroxyl groups excluding tert-OH is 1. The van der Waals surface area contributed by atoms with Gasteiger partial charge in [-0.15, -0.1) is 5.10 Å². The van der Waals surface area contributed by atoms with Crippen LogP contribution < -0.4 is 0 Å². The van der Waals surface area contributed by atoms with E-state index in [0.717, 1.165) is 12.1 Å². The molecular formula is C24H20F4N4O. The molecule has 0 unspecified atom stereocenters. The molecule has 0 aliphatic heterocycles. The summed E-state index contributed by atoms with van der Waals surface area (Å²) in [5.41, 5.74) is 2.63. The number of halogens is 4. The van der Waals surface area contributed by atoms with Crippen LogP contribution in [0, 0.1) is 24.1 Å². The zero-order valence-electron chi connectivity index (χ0n) is 17.9. The lowest BCUT2D eigenvalue weighted by molar-refractivity contribution is -0.0966. The zero-order chi connectivity index (χ0) is 23.7. The van der Waals surface area contributed by atoms with E-state index in [1.165, 1.54) is 4.68 Å². The molecule has 5 rings (SSSR count). The summed E-state index contributed by atoms with van der Waals surface area (Å²) in [5, 5.41) is 28.2. The van der Waals surface area contributed by atoms with E-state index in [1.54, 1.807) is 26.1 Å². The second-order valence-electron chi connectivity index (χ2n) is 8.75. The third kappa shape index (κ3) is 3.16. The molecule has 0 saturated carbocycles. The summed E-state index contributed by atoms with van der Waals surface area (Å²) < 4.78 is 59.8. The molecule has 2 aromatic carbocycles. The van der Waals surface area contributed by atoms with Gasteiger partial charge in [0.05, 0.1) is 17.3 Å². The van der Waals surface area contributed by atoms with Crippen molar-refractivity contribution < 1.29 is 22.7 Å². The van der Waals surface area contributed by atoms with Gasteiger partial charge in [-0.05, 0) is 59.7 Å². The first-order valence-corrected chi connectivity index (χ1v) is 10.6. The average molecular weight is 456 g/mol. The smallest absolute Gasteiger partial charge is 0.281 e. The fourth-order valence-corrected chi connectivity index (χ4v) is 5.22. The highest BCUT2D eigenvalue weighted by molar-refractivity contribution is 5.71. The van der Waals surface area contributed by atoms with Crippen molar-refractivity contribution in [2.24, 2.45) is 7.05 Å². The second-order valence-corrected chi connectivity index (χ2v) is 8.75. The van der Waals surface area contributed by atoms with Gasteiger partial charge in [0, 0.05) is 24.9 Å². The van der Waals surface area contributed by atoms with E-state index in [2.05, 4.69) is 10.3 Å². The van der Waals surface area contributed by atoms with Crippen molar-refractivity contribution in [3.63, 3.8) is 0 Å². The minimum absolute atomic E-state index is 0.00903. The third-order valence-corrected chi connectivity index (χ3v) is 6.91. The number of rotatable bonds is 2. The highest BCUT2D eigenvalue weighted by Gasteiger charge is 2.50. The molecule has 0 bridgehead atoms. The number of nitriles is 1. The second kappa shape index (κ2) is 7.39. The van der Waals surface area contributed by atoms with Crippen molar-refractivity contribution >= 4 is 0 Å². The number of fused-ring (bicyclic) bond motifs is 2. The van der Waals surface area contributed by atoms with E-state index in [4.69, 9.17) is 0 Å². The van der Waals surface area contributed by atoms with E-state index >= 15 is 0 Å². The van der Waals surface area contributed by atoms with Gasteiger partial charge in [0.15, 0.2) is 0 Å². The molecule has 2 aliphatic carbocycles. The van der Waals surface area contributed by atoms with Crippen molar-refractivity contribution in [2.45, 2.75) is 50.3 Å². The van der Waals surface area contributed by atoms with Crippen LogP contribution in [-0.2, 0) is 13.5 Å². The molecule has 1 heterocycles. The van der Waals surface area contributed by atoms with Gasteiger partial charge in [0.25, 0.3) is 5.92 Å². The van der Waals surface area contributed by atoms with Gasteiger partial charge in [0.2, 0.25) is 0 Å². The van der Waals surface area contributed by atoms with Gasteiger partial charge in [0.1, 0.15) is 23.8 Å². The predicted octanol–water partition coefficient (Wildman–Crippen LogP) is 4.96. The standard InChI is InChI=1S/C24H20F4N4O/c1-11-22(30-31-32(11)2)16-4-3-14(18-9-24(27,28)23(33)21(16)18)15-5-6-19(26)17-8-13(25)7-12(10-29)20(15)17/h3-4,7-8,15,19,23,33H,5-6,9H2,1-2H3/t15-,19+,23+/m1/s1. The molecule has 0 amide bonds. The van der Waals surface area contributed by atoms with Gasteiger partial charge >= 0.3 is 0 Å². The Morgan fingerprint density at radius 1 is 1.18 bits per heavy atom. The van der Waals surface area contributed by atoms with Crippen molar-refractivity contribution in [3.05, 3.63) is 69.2 Å². The summed E-state index contributed by atoms with van der Waals surface area (Å²) in [4.78, 5) is 0. The Hall–Kier alpha value is -3.25.